The molecular weight excluding hydrogens is 311 g/mol. The maximum absolute atomic E-state index is 13.2. The fraction of sp³-hybridized carbons (Fsp3) is 0.222. The predicted octanol–water partition coefficient (Wildman–Crippen LogP) is 1.31. The number of halogens is 5. The summed E-state index contributed by atoms with van der Waals surface area (Å²) in [4.78, 5) is 10.2. The van der Waals surface area contributed by atoms with Gasteiger partial charge in [0.15, 0.2) is 0 Å². The zero-order valence-electron chi connectivity index (χ0n) is 9.41. The van der Waals surface area contributed by atoms with E-state index in [0.717, 1.165) is 0 Å². The van der Waals surface area contributed by atoms with Crippen molar-refractivity contribution in [3.05, 3.63) is 24.0 Å². The molecule has 112 valence electrons. The molecule has 1 aromatic rings. The number of hydrogen-bond acceptors (Lipinski definition) is 3. The normalized spacial score (nSPS) is 12.6. The van der Waals surface area contributed by atoms with Gasteiger partial charge in [0.2, 0.25) is 10.0 Å². The third-order valence-electron chi connectivity index (χ3n) is 2.09. The van der Waals surface area contributed by atoms with Crippen molar-refractivity contribution in [1.29, 1.82) is 0 Å². The Morgan fingerprint density at radius 3 is 2.30 bits per heavy atom. The minimum Gasteiger partial charge on any atom is -0.318 e. The summed E-state index contributed by atoms with van der Waals surface area (Å²) in [5.74, 6) is -8.82. The Morgan fingerprint density at radius 2 is 1.85 bits per heavy atom. The van der Waals surface area contributed by atoms with Gasteiger partial charge in [-0.1, -0.05) is 0 Å². The molecule has 0 bridgehead atoms. The molecule has 0 spiro atoms. The van der Waals surface area contributed by atoms with Crippen LogP contribution < -0.4 is 10.5 Å². The quantitative estimate of drug-likeness (QED) is 0.820. The van der Waals surface area contributed by atoms with Gasteiger partial charge in [-0.15, -0.1) is 0 Å². The van der Waals surface area contributed by atoms with E-state index in [-0.39, 0.29) is 0 Å². The number of amides is 1. The molecule has 0 aliphatic carbocycles. The fourth-order valence-electron chi connectivity index (χ4n) is 1.08. The van der Waals surface area contributed by atoms with Crippen molar-refractivity contribution in [1.82, 2.24) is 0 Å². The third-order valence-corrected chi connectivity index (χ3v) is 3.00. The molecule has 1 aromatic carbocycles. The highest BCUT2D eigenvalue weighted by molar-refractivity contribution is 7.89. The first-order chi connectivity index (χ1) is 8.96. The second kappa shape index (κ2) is 5.32. The van der Waals surface area contributed by atoms with E-state index in [4.69, 9.17) is 5.14 Å². The maximum Gasteiger partial charge on any atom is 0.383 e. The Hall–Kier alpha value is -1.75. The van der Waals surface area contributed by atoms with Gasteiger partial charge >= 0.3 is 18.3 Å². The number of nitrogens with one attached hydrogen (secondary N) is 1. The van der Waals surface area contributed by atoms with E-state index in [0.29, 0.717) is 18.2 Å². The topological polar surface area (TPSA) is 89.3 Å². The Bertz CT molecular complexity index is 632. The van der Waals surface area contributed by atoms with Gasteiger partial charge < -0.3 is 5.32 Å². The van der Waals surface area contributed by atoms with Gasteiger partial charge in [0.1, 0.15) is 5.82 Å². The number of rotatable bonds is 4. The lowest BCUT2D eigenvalue weighted by molar-refractivity contribution is -0.163. The number of sulfonamides is 1. The number of carbonyl (C=O) groups is 1. The van der Waals surface area contributed by atoms with Crippen LogP contribution in [-0.4, -0.2) is 26.7 Å². The fourth-order valence-corrected chi connectivity index (χ4v) is 1.62. The highest BCUT2D eigenvalue weighted by Gasteiger charge is 2.49. The molecular formula is C9H7F5N2O3S. The molecule has 0 aromatic heterocycles. The molecule has 5 nitrogen and oxygen atoms in total. The third kappa shape index (κ3) is 3.42. The smallest absolute Gasteiger partial charge is 0.318 e. The summed E-state index contributed by atoms with van der Waals surface area (Å²) in [6.07, 6.45) is -4.30. The summed E-state index contributed by atoms with van der Waals surface area (Å²) in [5.41, 5.74) is -1.01. The average Bonchev–Trinajstić information content (AvgIpc) is 2.30. The zero-order chi connectivity index (χ0) is 15.7. The summed E-state index contributed by atoms with van der Waals surface area (Å²) in [7, 11) is -4.28. The Balaban J connectivity index is 3.13. The molecule has 0 radical (unpaired) electrons. The number of alkyl halides is 4. The van der Waals surface area contributed by atoms with Crippen LogP contribution >= 0.6 is 0 Å². The van der Waals surface area contributed by atoms with Gasteiger partial charge in [0, 0.05) is 0 Å². The molecule has 0 saturated heterocycles. The molecule has 0 fully saturated rings. The van der Waals surface area contributed by atoms with Gasteiger partial charge in [-0.3, -0.25) is 4.79 Å². The van der Waals surface area contributed by atoms with Crippen LogP contribution in [0.5, 0.6) is 0 Å². The first-order valence-electron chi connectivity index (χ1n) is 4.76. The Labute approximate surface area is 109 Å². The molecule has 0 aliphatic rings. The first kappa shape index (κ1) is 16.3. The molecule has 0 saturated carbocycles. The zero-order valence-corrected chi connectivity index (χ0v) is 10.2. The predicted molar refractivity (Wildman–Crippen MR) is 57.4 cm³/mol. The number of carbonyl (C=O) groups excluding carboxylic acids is 1. The van der Waals surface area contributed by atoms with E-state index in [1.165, 1.54) is 5.32 Å². The summed E-state index contributed by atoms with van der Waals surface area (Å²) >= 11 is 0. The number of anilines is 1. The van der Waals surface area contributed by atoms with E-state index in [9.17, 15) is 35.2 Å². The van der Waals surface area contributed by atoms with Crippen LogP contribution in [0, 0.1) is 5.82 Å². The van der Waals surface area contributed by atoms with Crippen molar-refractivity contribution in [3.8, 4) is 0 Å². The van der Waals surface area contributed by atoms with Crippen molar-refractivity contribution >= 4 is 21.6 Å². The van der Waals surface area contributed by atoms with E-state index in [2.05, 4.69) is 0 Å². The van der Waals surface area contributed by atoms with Gasteiger partial charge in [0.25, 0.3) is 0 Å². The molecule has 20 heavy (non-hydrogen) atoms. The van der Waals surface area contributed by atoms with Crippen molar-refractivity contribution in [2.45, 2.75) is 17.2 Å². The van der Waals surface area contributed by atoms with Crippen LogP contribution in [0.25, 0.3) is 0 Å². The molecule has 1 amide bonds. The molecule has 0 aliphatic heterocycles. The highest BCUT2D eigenvalue weighted by atomic mass is 32.2. The van der Waals surface area contributed by atoms with E-state index in [1.54, 1.807) is 0 Å². The van der Waals surface area contributed by atoms with E-state index < -0.39 is 44.7 Å². The second-order valence-corrected chi connectivity index (χ2v) is 5.13. The summed E-state index contributed by atoms with van der Waals surface area (Å²) in [5, 5.41) is 5.89. The Kier molecular flexibility index (Phi) is 4.34. The molecule has 0 unspecified atom stereocenters. The van der Waals surface area contributed by atoms with Crippen molar-refractivity contribution < 1.29 is 35.2 Å². The van der Waals surface area contributed by atoms with Crippen LogP contribution in [0.2, 0.25) is 0 Å². The first-order valence-corrected chi connectivity index (χ1v) is 6.30. The highest BCUT2D eigenvalue weighted by Crippen LogP contribution is 2.26. The maximum atomic E-state index is 13.2. The summed E-state index contributed by atoms with van der Waals surface area (Å²) in [6, 6.07) is 1.67. The van der Waals surface area contributed by atoms with E-state index in [1.807, 2.05) is 0 Å². The van der Waals surface area contributed by atoms with Crippen molar-refractivity contribution in [2.24, 2.45) is 5.14 Å². The van der Waals surface area contributed by atoms with Gasteiger partial charge in [0.05, 0.1) is 10.6 Å². The van der Waals surface area contributed by atoms with Crippen LogP contribution in [0.4, 0.5) is 27.6 Å². The minimum absolute atomic E-state index is 0.435. The van der Waals surface area contributed by atoms with Gasteiger partial charge in [-0.05, 0) is 18.2 Å². The monoisotopic (exact) mass is 318 g/mol. The van der Waals surface area contributed by atoms with Crippen LogP contribution in [0.1, 0.15) is 0 Å². The second-order valence-electron chi connectivity index (χ2n) is 3.56. The lowest BCUT2D eigenvalue weighted by Gasteiger charge is -2.15. The summed E-state index contributed by atoms with van der Waals surface area (Å²) < 4.78 is 84.3. The van der Waals surface area contributed by atoms with Crippen LogP contribution in [-0.2, 0) is 14.8 Å². The molecule has 11 heteroatoms. The minimum atomic E-state index is -5.05. The molecule has 0 atom stereocenters. The Morgan fingerprint density at radius 1 is 1.30 bits per heavy atom. The number of primary sulfonamides is 1. The standard InChI is InChI=1S/C9H7F5N2O3S/c10-5-2-1-4(20(15,18)19)3-6(5)16-8(17)9(13,14)7(11)12/h1-3,7H,(H,16,17)(H2,15,18,19). The molecule has 3 N–H and O–H groups in total. The molecule has 0 heterocycles. The van der Waals surface area contributed by atoms with Crippen molar-refractivity contribution in [3.63, 3.8) is 0 Å². The average molecular weight is 318 g/mol. The van der Waals surface area contributed by atoms with Gasteiger partial charge in [-0.25, -0.2) is 26.7 Å². The number of nitrogens with two attached hydrogens (primary N) is 1. The molecule has 1 rings (SSSR count). The van der Waals surface area contributed by atoms with Crippen LogP contribution in [0.15, 0.2) is 23.1 Å². The van der Waals surface area contributed by atoms with Gasteiger partial charge in [-0.2, -0.15) is 8.78 Å². The van der Waals surface area contributed by atoms with Crippen molar-refractivity contribution in [2.75, 3.05) is 5.32 Å². The van der Waals surface area contributed by atoms with E-state index >= 15 is 0 Å². The largest absolute Gasteiger partial charge is 0.383 e. The number of hydrogen-bond donors (Lipinski definition) is 2. The number of benzene rings is 1. The summed E-state index contributed by atoms with van der Waals surface area (Å²) in [6.45, 7) is 0. The SMILES string of the molecule is NS(=O)(=O)c1ccc(F)c(NC(=O)C(F)(F)C(F)F)c1. The lowest BCUT2D eigenvalue weighted by atomic mass is 10.2. The lowest BCUT2D eigenvalue weighted by Crippen LogP contribution is -2.41. The van der Waals surface area contributed by atoms with Crippen LogP contribution in [0.3, 0.4) is 0 Å².